The van der Waals surface area contributed by atoms with Gasteiger partial charge in [-0.3, -0.25) is 0 Å². The zero-order valence-electron chi connectivity index (χ0n) is 17.2. The maximum Gasteiger partial charge on any atom is 0.0463 e. The van der Waals surface area contributed by atoms with Crippen LogP contribution in [-0.2, 0) is 4.74 Å². The number of unbranched alkanes of at least 4 members (excludes halogenated alkanes) is 1. The summed E-state index contributed by atoms with van der Waals surface area (Å²) in [4.78, 5) is 5.15. The molecule has 0 amide bonds. The van der Waals surface area contributed by atoms with Crippen molar-refractivity contribution in [3.63, 3.8) is 0 Å². The fourth-order valence-corrected chi connectivity index (χ4v) is 2.26. The number of nitrogens with zero attached hydrogens (tertiary/aromatic N) is 2. The second-order valence-electron chi connectivity index (χ2n) is 6.30. The molecule has 0 aromatic carbocycles. The smallest absolute Gasteiger partial charge is 0.0463 e. The van der Waals surface area contributed by atoms with Gasteiger partial charge in [0.1, 0.15) is 0 Å². The van der Waals surface area contributed by atoms with Gasteiger partial charge >= 0.3 is 0 Å². The molecule has 142 valence electrons. The average Bonchev–Trinajstić information content (AvgIpc) is 2.58. The van der Waals surface area contributed by atoms with E-state index in [-0.39, 0.29) is 0 Å². The molecule has 0 unspecified atom stereocenters. The van der Waals surface area contributed by atoms with Gasteiger partial charge in [0.05, 0.1) is 0 Å². The van der Waals surface area contributed by atoms with Gasteiger partial charge in [-0.15, -0.1) is 0 Å². The second kappa shape index (κ2) is 21.9. The number of hydrogen-bond acceptors (Lipinski definition) is 3. The fourth-order valence-electron chi connectivity index (χ4n) is 2.26. The van der Waals surface area contributed by atoms with Crippen LogP contribution in [0.4, 0.5) is 0 Å². The molecule has 1 fully saturated rings. The molecule has 0 aromatic rings. The highest BCUT2D eigenvalue weighted by Crippen LogP contribution is 2.02. The van der Waals surface area contributed by atoms with E-state index in [2.05, 4.69) is 51.3 Å². The van der Waals surface area contributed by atoms with Crippen molar-refractivity contribution in [1.82, 2.24) is 9.80 Å². The fraction of sp³-hybridized carbons (Fsp3) is 1.00. The van der Waals surface area contributed by atoms with Crippen molar-refractivity contribution < 1.29 is 4.74 Å². The Morgan fingerprint density at radius 1 is 0.522 bits per heavy atom. The minimum atomic E-state index is 0.924. The molecular formula is C20H46N2O. The largest absolute Gasteiger partial charge is 0.381 e. The summed E-state index contributed by atoms with van der Waals surface area (Å²) in [5.74, 6) is 0. The van der Waals surface area contributed by atoms with Crippen LogP contribution in [0.15, 0.2) is 0 Å². The molecule has 23 heavy (non-hydrogen) atoms. The Kier molecular flexibility index (Phi) is 23.9. The first kappa shape index (κ1) is 25.1. The van der Waals surface area contributed by atoms with Crippen LogP contribution in [0, 0.1) is 0 Å². The zero-order valence-corrected chi connectivity index (χ0v) is 17.2. The van der Waals surface area contributed by atoms with Gasteiger partial charge < -0.3 is 14.5 Å². The monoisotopic (exact) mass is 330 g/mol. The predicted molar refractivity (Wildman–Crippen MR) is 105 cm³/mol. The van der Waals surface area contributed by atoms with Crippen LogP contribution >= 0.6 is 0 Å². The van der Waals surface area contributed by atoms with Gasteiger partial charge in [-0.05, 0) is 38.8 Å². The van der Waals surface area contributed by atoms with Crippen LogP contribution in [0.3, 0.4) is 0 Å². The van der Waals surface area contributed by atoms with E-state index in [9.17, 15) is 0 Å². The van der Waals surface area contributed by atoms with Crippen molar-refractivity contribution in [3.05, 3.63) is 0 Å². The van der Waals surface area contributed by atoms with Crippen LogP contribution in [0.25, 0.3) is 0 Å². The quantitative estimate of drug-likeness (QED) is 0.550. The van der Waals surface area contributed by atoms with E-state index in [1.807, 2.05) is 0 Å². The summed E-state index contributed by atoms with van der Waals surface area (Å²) < 4.78 is 5.13. The van der Waals surface area contributed by atoms with Crippen molar-refractivity contribution in [2.45, 2.75) is 80.1 Å². The van der Waals surface area contributed by atoms with Crippen molar-refractivity contribution in [3.8, 4) is 0 Å². The molecule has 0 bridgehead atoms. The van der Waals surface area contributed by atoms with Crippen LogP contribution in [0.5, 0.6) is 0 Å². The van der Waals surface area contributed by atoms with Gasteiger partial charge in [0.15, 0.2) is 0 Å². The van der Waals surface area contributed by atoms with Gasteiger partial charge in [0, 0.05) is 39.4 Å². The number of hydrogen-bond donors (Lipinski definition) is 0. The van der Waals surface area contributed by atoms with E-state index in [4.69, 9.17) is 4.74 Å². The molecule has 1 heterocycles. The van der Waals surface area contributed by atoms with Crippen LogP contribution in [-0.4, -0.2) is 62.3 Å². The summed E-state index contributed by atoms with van der Waals surface area (Å²) in [5.41, 5.74) is 0. The summed E-state index contributed by atoms with van der Waals surface area (Å²) in [6, 6.07) is 0. The molecule has 0 saturated carbocycles. The Balaban J connectivity index is 0. The molecule has 3 nitrogen and oxygen atoms in total. The highest BCUT2D eigenvalue weighted by molar-refractivity contribution is 4.70. The minimum absolute atomic E-state index is 0.924. The maximum absolute atomic E-state index is 5.13. The molecule has 0 atom stereocenters. The highest BCUT2D eigenvalue weighted by atomic mass is 16.5. The van der Waals surface area contributed by atoms with Gasteiger partial charge in [0.25, 0.3) is 0 Å². The molecule has 0 aliphatic carbocycles. The van der Waals surface area contributed by atoms with E-state index in [1.54, 1.807) is 0 Å². The maximum atomic E-state index is 5.13. The van der Waals surface area contributed by atoms with Crippen LogP contribution in [0.2, 0.25) is 0 Å². The summed E-state index contributed by atoms with van der Waals surface area (Å²) in [6.45, 7) is 22.7. The Morgan fingerprint density at radius 2 is 0.870 bits per heavy atom. The summed E-state index contributed by atoms with van der Waals surface area (Å²) >= 11 is 0. The van der Waals surface area contributed by atoms with Gasteiger partial charge in [-0.2, -0.15) is 0 Å². The third-order valence-corrected chi connectivity index (χ3v) is 3.74. The lowest BCUT2D eigenvalue weighted by Gasteiger charge is -2.34. The van der Waals surface area contributed by atoms with Crippen molar-refractivity contribution >= 4 is 0 Å². The molecule has 0 N–H and O–H groups in total. The summed E-state index contributed by atoms with van der Waals surface area (Å²) in [6.07, 6.45) is 7.52. The topological polar surface area (TPSA) is 15.7 Å². The van der Waals surface area contributed by atoms with Crippen molar-refractivity contribution in [1.29, 1.82) is 0 Å². The number of ether oxygens (including phenoxy) is 1. The van der Waals surface area contributed by atoms with E-state index < -0.39 is 0 Å². The lowest BCUT2D eigenvalue weighted by molar-refractivity contribution is 0.133. The molecule has 1 rings (SSSR count). The molecule has 0 radical (unpaired) electrons. The number of piperazine rings is 1. The second-order valence-corrected chi connectivity index (χ2v) is 6.30. The SMILES string of the molecule is CCCC.CCCN1CCN(CCC)CC1.CCCOCCC. The molecule has 1 saturated heterocycles. The summed E-state index contributed by atoms with van der Waals surface area (Å²) in [7, 11) is 0. The first-order valence-electron chi connectivity index (χ1n) is 10.2. The van der Waals surface area contributed by atoms with E-state index >= 15 is 0 Å². The molecular weight excluding hydrogens is 284 g/mol. The molecule has 1 aliphatic rings. The lowest BCUT2D eigenvalue weighted by Crippen LogP contribution is -2.46. The normalized spacial score (nSPS) is 15.4. The third kappa shape index (κ3) is 19.8. The first-order chi connectivity index (χ1) is 11.2. The average molecular weight is 331 g/mol. The molecule has 1 aliphatic heterocycles. The standard InChI is InChI=1S/C10H22N2.C6H14O.C4H10/c1-3-5-11-7-9-12(6-4-2)10-8-11;1-3-5-7-6-4-2;1-3-4-2/h3-10H2,1-2H3;3-6H2,1-2H3;3-4H2,1-2H3. The Bertz CT molecular complexity index is 172. The minimum Gasteiger partial charge on any atom is -0.381 e. The van der Waals surface area contributed by atoms with Crippen LogP contribution in [0.1, 0.15) is 80.1 Å². The zero-order chi connectivity index (χ0) is 17.8. The molecule has 0 aromatic heterocycles. The van der Waals surface area contributed by atoms with E-state index in [0.717, 1.165) is 26.1 Å². The first-order valence-corrected chi connectivity index (χ1v) is 10.2. The Labute approximate surface area is 147 Å². The third-order valence-electron chi connectivity index (χ3n) is 3.74. The molecule has 0 spiro atoms. The Hall–Kier alpha value is -0.120. The van der Waals surface area contributed by atoms with Gasteiger partial charge in [-0.25, -0.2) is 0 Å². The predicted octanol–water partition coefficient (Wildman–Crippen LogP) is 5.05. The highest BCUT2D eigenvalue weighted by Gasteiger charge is 2.14. The van der Waals surface area contributed by atoms with Gasteiger partial charge in [-0.1, -0.05) is 54.4 Å². The summed E-state index contributed by atoms with van der Waals surface area (Å²) in [5, 5.41) is 0. The Morgan fingerprint density at radius 3 is 1.09 bits per heavy atom. The van der Waals surface area contributed by atoms with Gasteiger partial charge in [0.2, 0.25) is 0 Å². The van der Waals surface area contributed by atoms with Crippen LogP contribution < -0.4 is 0 Å². The van der Waals surface area contributed by atoms with Crippen molar-refractivity contribution in [2.24, 2.45) is 0 Å². The lowest BCUT2D eigenvalue weighted by atomic mass is 10.3. The van der Waals surface area contributed by atoms with Crippen molar-refractivity contribution in [2.75, 3.05) is 52.5 Å². The molecule has 3 heteroatoms. The van der Waals surface area contributed by atoms with E-state index in [1.165, 1.54) is 65.0 Å². The number of rotatable bonds is 9. The van der Waals surface area contributed by atoms with E-state index in [0.29, 0.717) is 0 Å².